The number of halogens is 2. The second-order valence-corrected chi connectivity index (χ2v) is 4.89. The van der Waals surface area contributed by atoms with Crippen LogP contribution >= 0.6 is 0 Å². The van der Waals surface area contributed by atoms with E-state index in [0.29, 0.717) is 6.61 Å². The minimum Gasteiger partial charge on any atom is -0.377 e. The van der Waals surface area contributed by atoms with Gasteiger partial charge >= 0.3 is 0 Å². The van der Waals surface area contributed by atoms with Crippen LogP contribution in [0.2, 0.25) is 0 Å². The summed E-state index contributed by atoms with van der Waals surface area (Å²) < 4.78 is 31.7. The lowest BCUT2D eigenvalue weighted by atomic mass is 10.1. The molecule has 19 heavy (non-hydrogen) atoms. The molecule has 0 saturated carbocycles. The van der Waals surface area contributed by atoms with Crippen molar-refractivity contribution in [2.24, 2.45) is 0 Å². The Kier molecular flexibility index (Phi) is 4.27. The molecule has 1 heterocycles. The van der Waals surface area contributed by atoms with Crippen LogP contribution in [0.15, 0.2) is 18.2 Å². The van der Waals surface area contributed by atoms with Gasteiger partial charge in [-0.25, -0.2) is 8.78 Å². The van der Waals surface area contributed by atoms with Crippen molar-refractivity contribution in [3.8, 4) is 0 Å². The summed E-state index contributed by atoms with van der Waals surface area (Å²) in [6.45, 7) is 2.73. The predicted octanol–water partition coefficient (Wildman–Crippen LogP) is 2.26. The van der Waals surface area contributed by atoms with E-state index in [2.05, 4.69) is 0 Å². The quantitative estimate of drug-likeness (QED) is 0.785. The van der Waals surface area contributed by atoms with Gasteiger partial charge in [0.15, 0.2) is 5.78 Å². The van der Waals surface area contributed by atoms with Gasteiger partial charge in [-0.15, -0.1) is 0 Å². The summed E-state index contributed by atoms with van der Waals surface area (Å²) in [6.07, 6.45) is 0.924. The van der Waals surface area contributed by atoms with E-state index in [4.69, 9.17) is 4.74 Å². The zero-order valence-electron chi connectivity index (χ0n) is 11.0. The molecule has 104 valence electrons. The summed E-state index contributed by atoms with van der Waals surface area (Å²) in [5, 5.41) is 0. The molecule has 1 aliphatic heterocycles. The first kappa shape index (κ1) is 14.1. The van der Waals surface area contributed by atoms with Gasteiger partial charge in [0, 0.05) is 18.7 Å². The third kappa shape index (κ3) is 3.16. The second-order valence-electron chi connectivity index (χ2n) is 4.89. The lowest BCUT2D eigenvalue weighted by molar-refractivity contribution is 0.0743. The molecule has 1 fully saturated rings. The van der Waals surface area contributed by atoms with Crippen molar-refractivity contribution in [2.75, 3.05) is 20.2 Å². The molecule has 2 atom stereocenters. The first-order chi connectivity index (χ1) is 8.99. The van der Waals surface area contributed by atoms with Gasteiger partial charge in [-0.2, -0.15) is 0 Å². The van der Waals surface area contributed by atoms with Crippen molar-refractivity contribution in [2.45, 2.75) is 25.5 Å². The number of hydrogen-bond acceptors (Lipinski definition) is 3. The first-order valence-electron chi connectivity index (χ1n) is 6.29. The molecule has 1 aliphatic rings. The highest BCUT2D eigenvalue weighted by molar-refractivity contribution is 5.97. The van der Waals surface area contributed by atoms with Crippen molar-refractivity contribution in [3.05, 3.63) is 35.4 Å². The summed E-state index contributed by atoms with van der Waals surface area (Å²) >= 11 is 0. The van der Waals surface area contributed by atoms with Crippen LogP contribution in [-0.2, 0) is 4.74 Å². The van der Waals surface area contributed by atoms with Gasteiger partial charge in [0.25, 0.3) is 0 Å². The number of nitrogens with zero attached hydrogens (tertiary/aromatic N) is 1. The topological polar surface area (TPSA) is 29.5 Å². The first-order valence-corrected chi connectivity index (χ1v) is 6.29. The van der Waals surface area contributed by atoms with E-state index >= 15 is 0 Å². The molecule has 1 saturated heterocycles. The predicted molar refractivity (Wildman–Crippen MR) is 67.1 cm³/mol. The average Bonchev–Trinajstić information content (AvgIpc) is 2.75. The van der Waals surface area contributed by atoms with E-state index < -0.39 is 11.6 Å². The normalized spacial score (nSPS) is 23.0. The summed E-state index contributed by atoms with van der Waals surface area (Å²) in [5.74, 6) is -1.84. The maximum absolute atomic E-state index is 13.5. The van der Waals surface area contributed by atoms with Crippen LogP contribution in [0.3, 0.4) is 0 Å². The van der Waals surface area contributed by atoms with Gasteiger partial charge in [-0.05, 0) is 32.5 Å². The third-order valence-electron chi connectivity index (χ3n) is 3.53. The number of hydrogen-bond donors (Lipinski definition) is 0. The SMILES string of the molecule is CC1OCCC1N(C)CC(=O)c1ccc(F)cc1F. The van der Waals surface area contributed by atoms with Crippen molar-refractivity contribution in [1.82, 2.24) is 4.90 Å². The van der Waals surface area contributed by atoms with Gasteiger partial charge in [0.1, 0.15) is 11.6 Å². The second kappa shape index (κ2) is 5.75. The number of ether oxygens (including phenoxy) is 1. The fourth-order valence-electron chi connectivity index (χ4n) is 2.44. The molecule has 0 aromatic heterocycles. The van der Waals surface area contributed by atoms with Gasteiger partial charge in [-0.3, -0.25) is 9.69 Å². The van der Waals surface area contributed by atoms with Crippen LogP contribution in [0.5, 0.6) is 0 Å². The molecular weight excluding hydrogens is 252 g/mol. The van der Waals surface area contributed by atoms with Crippen molar-refractivity contribution in [3.63, 3.8) is 0 Å². The van der Waals surface area contributed by atoms with Crippen molar-refractivity contribution >= 4 is 5.78 Å². The number of benzene rings is 1. The Labute approximate surface area is 111 Å². The number of rotatable bonds is 4. The van der Waals surface area contributed by atoms with Crippen molar-refractivity contribution < 1.29 is 18.3 Å². The zero-order chi connectivity index (χ0) is 14.0. The Morgan fingerprint density at radius 1 is 1.47 bits per heavy atom. The van der Waals surface area contributed by atoms with Crippen LogP contribution in [0.4, 0.5) is 8.78 Å². The highest BCUT2D eigenvalue weighted by atomic mass is 19.1. The van der Waals surface area contributed by atoms with Crippen LogP contribution in [0.1, 0.15) is 23.7 Å². The highest BCUT2D eigenvalue weighted by Crippen LogP contribution is 2.19. The van der Waals surface area contributed by atoms with Crippen LogP contribution in [-0.4, -0.2) is 43.0 Å². The van der Waals surface area contributed by atoms with Crippen LogP contribution < -0.4 is 0 Å². The monoisotopic (exact) mass is 269 g/mol. The molecule has 1 aromatic rings. The van der Waals surface area contributed by atoms with Crippen molar-refractivity contribution in [1.29, 1.82) is 0 Å². The minimum absolute atomic E-state index is 0.0656. The summed E-state index contributed by atoms with van der Waals surface area (Å²) in [5.41, 5.74) is -0.0696. The number of carbonyl (C=O) groups excluding carboxylic acids is 1. The van der Waals surface area contributed by atoms with E-state index in [9.17, 15) is 13.6 Å². The van der Waals surface area contributed by atoms with Crippen LogP contribution in [0.25, 0.3) is 0 Å². The largest absolute Gasteiger partial charge is 0.377 e. The molecule has 5 heteroatoms. The van der Waals surface area contributed by atoms with Crippen LogP contribution in [0, 0.1) is 11.6 Å². The number of ketones is 1. The smallest absolute Gasteiger partial charge is 0.179 e. The van der Waals surface area contributed by atoms with Gasteiger partial charge in [-0.1, -0.05) is 0 Å². The Bertz CT molecular complexity index is 479. The maximum atomic E-state index is 13.5. The molecule has 2 rings (SSSR count). The molecule has 1 aromatic carbocycles. The fourth-order valence-corrected chi connectivity index (χ4v) is 2.44. The van der Waals surface area contributed by atoms with Gasteiger partial charge < -0.3 is 4.74 Å². The molecule has 0 radical (unpaired) electrons. The zero-order valence-corrected chi connectivity index (χ0v) is 11.0. The highest BCUT2D eigenvalue weighted by Gasteiger charge is 2.29. The summed E-state index contributed by atoms with van der Waals surface area (Å²) in [7, 11) is 1.81. The summed E-state index contributed by atoms with van der Waals surface area (Å²) in [6, 6.07) is 3.18. The molecule has 0 N–H and O–H groups in total. The fraction of sp³-hybridized carbons (Fsp3) is 0.500. The Balaban J connectivity index is 2.04. The Morgan fingerprint density at radius 3 is 2.79 bits per heavy atom. The number of carbonyl (C=O) groups is 1. The van der Waals surface area contributed by atoms with E-state index in [-0.39, 0.29) is 30.0 Å². The number of likely N-dealkylation sites (N-methyl/N-ethyl adjacent to an activating group) is 1. The lowest BCUT2D eigenvalue weighted by Gasteiger charge is -2.25. The summed E-state index contributed by atoms with van der Waals surface area (Å²) in [4.78, 5) is 13.9. The lowest BCUT2D eigenvalue weighted by Crippen LogP contribution is -2.40. The van der Waals surface area contributed by atoms with E-state index in [1.54, 1.807) is 0 Å². The number of Topliss-reactive ketones (excluding diaryl/α,β-unsaturated/α-hetero) is 1. The molecule has 0 amide bonds. The Morgan fingerprint density at radius 2 is 2.21 bits per heavy atom. The van der Waals surface area contributed by atoms with E-state index in [1.807, 2.05) is 18.9 Å². The molecule has 2 unspecified atom stereocenters. The molecular formula is C14H17F2NO2. The maximum Gasteiger partial charge on any atom is 0.179 e. The molecule has 0 bridgehead atoms. The molecule has 3 nitrogen and oxygen atoms in total. The molecule has 0 spiro atoms. The molecule has 0 aliphatic carbocycles. The average molecular weight is 269 g/mol. The third-order valence-corrected chi connectivity index (χ3v) is 3.53. The van der Waals surface area contributed by atoms with E-state index in [1.165, 1.54) is 6.07 Å². The van der Waals surface area contributed by atoms with E-state index in [0.717, 1.165) is 18.6 Å². The standard InChI is InChI=1S/C14H17F2NO2/c1-9-13(5-6-19-9)17(2)8-14(18)11-4-3-10(15)7-12(11)16/h3-4,7,9,13H,5-6,8H2,1-2H3. The van der Waals surface area contributed by atoms with Gasteiger partial charge in [0.05, 0.1) is 18.2 Å². The van der Waals surface area contributed by atoms with Gasteiger partial charge in [0.2, 0.25) is 0 Å². The minimum atomic E-state index is -0.811. The Hall–Kier alpha value is -1.33.